The standard InChI is InChI=1S/C13H18N2O3/c1-9-4-5-12(13(6-9)15(16)17)14-7-10(2)18-11(3)8-14/h4-6,10-11H,7-8H2,1-3H3/t10-,11-/m1/s1. The molecule has 5 heteroatoms. The van der Waals surface area contributed by atoms with E-state index in [-0.39, 0.29) is 22.8 Å². The Morgan fingerprint density at radius 3 is 2.50 bits per heavy atom. The van der Waals surface area contributed by atoms with Crippen LogP contribution in [0.3, 0.4) is 0 Å². The third-order valence-electron chi connectivity index (χ3n) is 3.09. The topological polar surface area (TPSA) is 55.6 Å². The summed E-state index contributed by atoms with van der Waals surface area (Å²) in [4.78, 5) is 12.9. The predicted octanol–water partition coefficient (Wildman–Crippen LogP) is 2.52. The van der Waals surface area contributed by atoms with Gasteiger partial charge in [0, 0.05) is 19.2 Å². The van der Waals surface area contributed by atoms with Crippen LogP contribution >= 0.6 is 0 Å². The number of rotatable bonds is 2. The van der Waals surface area contributed by atoms with Crippen LogP contribution in [0.2, 0.25) is 0 Å². The number of benzene rings is 1. The average molecular weight is 250 g/mol. The largest absolute Gasteiger partial charge is 0.372 e. The zero-order valence-electron chi connectivity index (χ0n) is 10.9. The third-order valence-corrected chi connectivity index (χ3v) is 3.09. The number of ether oxygens (including phenoxy) is 1. The highest BCUT2D eigenvalue weighted by molar-refractivity contribution is 5.64. The minimum atomic E-state index is -0.312. The summed E-state index contributed by atoms with van der Waals surface area (Å²) in [7, 11) is 0. The molecule has 1 saturated heterocycles. The fourth-order valence-corrected chi connectivity index (χ4v) is 2.42. The molecule has 98 valence electrons. The number of anilines is 1. The maximum atomic E-state index is 11.1. The highest BCUT2D eigenvalue weighted by atomic mass is 16.6. The van der Waals surface area contributed by atoms with Gasteiger partial charge in [-0.05, 0) is 32.4 Å². The Kier molecular flexibility index (Phi) is 3.52. The quantitative estimate of drug-likeness (QED) is 0.598. The van der Waals surface area contributed by atoms with Gasteiger partial charge in [0.15, 0.2) is 0 Å². The van der Waals surface area contributed by atoms with Crippen LogP contribution in [0.1, 0.15) is 19.4 Å². The minimum absolute atomic E-state index is 0.0923. The van der Waals surface area contributed by atoms with E-state index in [2.05, 4.69) is 0 Å². The molecule has 0 spiro atoms. The lowest BCUT2D eigenvalue weighted by molar-refractivity contribution is -0.384. The molecule has 0 aliphatic carbocycles. The summed E-state index contributed by atoms with van der Waals surface area (Å²) in [6.07, 6.45) is 0.185. The van der Waals surface area contributed by atoms with E-state index in [1.807, 2.05) is 37.8 Å². The molecule has 1 aliphatic heterocycles. The van der Waals surface area contributed by atoms with Crippen LogP contribution in [0.4, 0.5) is 11.4 Å². The second kappa shape index (κ2) is 4.94. The Hall–Kier alpha value is -1.62. The predicted molar refractivity (Wildman–Crippen MR) is 70.1 cm³/mol. The molecule has 0 saturated carbocycles. The Balaban J connectivity index is 2.35. The van der Waals surface area contributed by atoms with Crippen LogP contribution in [0.15, 0.2) is 18.2 Å². The molecule has 18 heavy (non-hydrogen) atoms. The van der Waals surface area contributed by atoms with Gasteiger partial charge in [-0.1, -0.05) is 6.07 Å². The monoisotopic (exact) mass is 250 g/mol. The van der Waals surface area contributed by atoms with Crippen LogP contribution in [0.25, 0.3) is 0 Å². The molecule has 0 unspecified atom stereocenters. The first-order chi connectivity index (χ1) is 8.47. The summed E-state index contributed by atoms with van der Waals surface area (Å²) >= 11 is 0. The van der Waals surface area contributed by atoms with Gasteiger partial charge in [0.1, 0.15) is 5.69 Å². The van der Waals surface area contributed by atoms with Crippen LogP contribution in [-0.2, 0) is 4.74 Å². The van der Waals surface area contributed by atoms with E-state index < -0.39 is 0 Å². The smallest absolute Gasteiger partial charge is 0.292 e. The fraction of sp³-hybridized carbons (Fsp3) is 0.538. The maximum absolute atomic E-state index is 11.1. The minimum Gasteiger partial charge on any atom is -0.372 e. The lowest BCUT2D eigenvalue weighted by atomic mass is 10.1. The number of hydrogen-bond donors (Lipinski definition) is 0. The van der Waals surface area contributed by atoms with Gasteiger partial charge in [0.25, 0.3) is 5.69 Å². The summed E-state index contributed by atoms with van der Waals surface area (Å²) < 4.78 is 5.65. The number of hydrogen-bond acceptors (Lipinski definition) is 4. The zero-order valence-corrected chi connectivity index (χ0v) is 10.9. The lowest BCUT2D eigenvalue weighted by Crippen LogP contribution is -2.45. The molecule has 1 aliphatic rings. The Labute approximate surface area is 107 Å². The molecule has 2 atom stereocenters. The molecule has 1 aromatic carbocycles. The summed E-state index contributed by atoms with van der Waals surface area (Å²) in [5, 5.41) is 11.1. The second-order valence-corrected chi connectivity index (χ2v) is 4.91. The van der Waals surface area contributed by atoms with Gasteiger partial charge in [0.2, 0.25) is 0 Å². The van der Waals surface area contributed by atoms with Gasteiger partial charge in [-0.15, -0.1) is 0 Å². The summed E-state index contributed by atoms with van der Waals surface area (Å²) in [5.41, 5.74) is 1.77. The first kappa shape index (κ1) is 12.8. The molecule has 0 bridgehead atoms. The normalized spacial score (nSPS) is 24.1. The van der Waals surface area contributed by atoms with Crippen molar-refractivity contribution in [3.05, 3.63) is 33.9 Å². The molecule has 1 heterocycles. The zero-order chi connectivity index (χ0) is 13.3. The van der Waals surface area contributed by atoms with E-state index in [4.69, 9.17) is 4.74 Å². The number of morpholine rings is 1. The van der Waals surface area contributed by atoms with Crippen molar-refractivity contribution in [2.45, 2.75) is 33.0 Å². The summed E-state index contributed by atoms with van der Waals surface area (Å²) in [6.45, 7) is 7.22. The van der Waals surface area contributed by atoms with Crippen molar-refractivity contribution in [2.75, 3.05) is 18.0 Å². The van der Waals surface area contributed by atoms with Crippen molar-refractivity contribution in [1.82, 2.24) is 0 Å². The lowest BCUT2D eigenvalue weighted by Gasteiger charge is -2.36. The van der Waals surface area contributed by atoms with E-state index in [1.165, 1.54) is 0 Å². The molecular weight excluding hydrogens is 232 g/mol. The first-order valence-corrected chi connectivity index (χ1v) is 6.13. The molecule has 0 N–H and O–H groups in total. The van der Waals surface area contributed by atoms with Crippen LogP contribution in [-0.4, -0.2) is 30.2 Å². The van der Waals surface area contributed by atoms with Crippen LogP contribution < -0.4 is 4.90 Å². The van der Waals surface area contributed by atoms with Gasteiger partial charge < -0.3 is 9.64 Å². The highest BCUT2D eigenvalue weighted by Gasteiger charge is 2.27. The molecule has 5 nitrogen and oxygen atoms in total. The molecule has 0 radical (unpaired) electrons. The number of nitro groups is 1. The van der Waals surface area contributed by atoms with Crippen LogP contribution in [0, 0.1) is 17.0 Å². The SMILES string of the molecule is Cc1ccc(N2C[C@@H](C)O[C@H](C)C2)c([N+](=O)[O-])c1. The van der Waals surface area contributed by atoms with E-state index >= 15 is 0 Å². The van der Waals surface area contributed by atoms with Gasteiger partial charge in [-0.2, -0.15) is 0 Å². The third kappa shape index (κ3) is 2.61. The molecular formula is C13H18N2O3. The molecule has 2 rings (SSSR count). The van der Waals surface area contributed by atoms with Crippen molar-refractivity contribution in [1.29, 1.82) is 0 Å². The van der Waals surface area contributed by atoms with Crippen molar-refractivity contribution in [2.24, 2.45) is 0 Å². The van der Waals surface area contributed by atoms with E-state index in [1.54, 1.807) is 6.07 Å². The number of nitrogens with zero attached hydrogens (tertiary/aromatic N) is 2. The molecule has 1 fully saturated rings. The van der Waals surface area contributed by atoms with Gasteiger partial charge in [-0.25, -0.2) is 0 Å². The van der Waals surface area contributed by atoms with Crippen molar-refractivity contribution >= 4 is 11.4 Å². The van der Waals surface area contributed by atoms with Crippen molar-refractivity contribution in [3.63, 3.8) is 0 Å². The van der Waals surface area contributed by atoms with Gasteiger partial charge in [-0.3, -0.25) is 10.1 Å². The Bertz CT molecular complexity index is 452. The second-order valence-electron chi connectivity index (χ2n) is 4.91. The number of aryl methyl sites for hydroxylation is 1. The molecule has 1 aromatic rings. The van der Waals surface area contributed by atoms with Gasteiger partial charge in [0.05, 0.1) is 17.1 Å². The number of nitro benzene ring substituents is 1. The fourth-order valence-electron chi connectivity index (χ4n) is 2.42. The van der Waals surface area contributed by atoms with Crippen LogP contribution in [0.5, 0.6) is 0 Å². The highest BCUT2D eigenvalue weighted by Crippen LogP contribution is 2.31. The van der Waals surface area contributed by atoms with E-state index in [0.29, 0.717) is 18.8 Å². The summed E-state index contributed by atoms with van der Waals surface area (Å²) in [6, 6.07) is 5.37. The maximum Gasteiger partial charge on any atom is 0.292 e. The van der Waals surface area contributed by atoms with Crippen molar-refractivity contribution in [3.8, 4) is 0 Å². The Morgan fingerprint density at radius 2 is 1.94 bits per heavy atom. The molecule has 0 aromatic heterocycles. The summed E-state index contributed by atoms with van der Waals surface area (Å²) in [5.74, 6) is 0. The Morgan fingerprint density at radius 1 is 1.33 bits per heavy atom. The van der Waals surface area contributed by atoms with E-state index in [9.17, 15) is 10.1 Å². The van der Waals surface area contributed by atoms with E-state index in [0.717, 1.165) is 5.56 Å². The first-order valence-electron chi connectivity index (χ1n) is 6.13. The van der Waals surface area contributed by atoms with Gasteiger partial charge >= 0.3 is 0 Å². The van der Waals surface area contributed by atoms with Crippen molar-refractivity contribution < 1.29 is 9.66 Å². The molecule has 0 amide bonds. The average Bonchev–Trinajstić information content (AvgIpc) is 2.27.